The van der Waals surface area contributed by atoms with E-state index in [0.29, 0.717) is 0 Å². The molecule has 4 heterocycles. The van der Waals surface area contributed by atoms with E-state index >= 15 is 0 Å². The summed E-state index contributed by atoms with van der Waals surface area (Å²) >= 11 is 0. The molecule has 0 saturated heterocycles. The van der Waals surface area contributed by atoms with E-state index in [1.165, 1.54) is 125 Å². The number of para-hydroxylation sites is 2. The second-order valence-electron chi connectivity index (χ2n) is 20.0. The largest absolute Gasteiger partial charge is 0.309 e. The van der Waals surface area contributed by atoms with Gasteiger partial charge in [-0.1, -0.05) is 164 Å². The van der Waals surface area contributed by atoms with E-state index in [1.807, 2.05) is 0 Å². The molecule has 0 N–H and O–H groups in total. The highest BCUT2D eigenvalue weighted by molar-refractivity contribution is 6.28. The predicted molar refractivity (Wildman–Crippen MR) is 319 cm³/mol. The zero-order chi connectivity index (χ0) is 49.3. The van der Waals surface area contributed by atoms with Gasteiger partial charge in [-0.05, 0) is 142 Å². The van der Waals surface area contributed by atoms with Gasteiger partial charge >= 0.3 is 0 Å². The van der Waals surface area contributed by atoms with Crippen LogP contribution in [0.2, 0.25) is 0 Å². The zero-order valence-electron chi connectivity index (χ0n) is 41.1. The molecule has 0 atom stereocenters. The fourth-order valence-electron chi connectivity index (χ4n) is 12.9. The molecule has 4 heteroatoms. The van der Waals surface area contributed by atoms with Gasteiger partial charge in [-0.3, -0.25) is 0 Å². The molecule has 4 aromatic heterocycles. The molecular formula is C71H46N4. The molecule has 75 heavy (non-hydrogen) atoms. The van der Waals surface area contributed by atoms with E-state index in [2.05, 4.69) is 286 Å². The first-order chi connectivity index (χ1) is 37.2. The summed E-state index contributed by atoms with van der Waals surface area (Å²) in [6.45, 7) is 2.11. The van der Waals surface area contributed by atoms with Crippen LogP contribution in [0.3, 0.4) is 0 Å². The van der Waals surface area contributed by atoms with Crippen LogP contribution >= 0.6 is 0 Å². The second-order valence-corrected chi connectivity index (χ2v) is 20.0. The van der Waals surface area contributed by atoms with Crippen molar-refractivity contribution in [1.29, 1.82) is 0 Å². The number of allylic oxidation sites excluding steroid dienone is 1. The van der Waals surface area contributed by atoms with Crippen LogP contribution in [-0.4, -0.2) is 18.3 Å². The highest BCUT2D eigenvalue weighted by atomic mass is 15.0. The summed E-state index contributed by atoms with van der Waals surface area (Å²) in [6, 6.07) is 91.9. The quantitative estimate of drug-likeness (QED) is 0.158. The minimum absolute atomic E-state index is 1.12. The molecule has 350 valence electrons. The number of hydrogen-bond acceptors (Lipinski definition) is 0. The first-order valence-electron chi connectivity index (χ1n) is 26.0. The van der Waals surface area contributed by atoms with Crippen LogP contribution in [0.1, 0.15) is 12.6 Å². The molecule has 0 aliphatic carbocycles. The van der Waals surface area contributed by atoms with Crippen molar-refractivity contribution in [3.8, 4) is 33.9 Å². The van der Waals surface area contributed by atoms with Crippen LogP contribution < -0.4 is 0 Å². The number of aromatic nitrogens is 4. The maximum absolute atomic E-state index is 2.46. The van der Waals surface area contributed by atoms with E-state index in [1.54, 1.807) is 0 Å². The zero-order valence-corrected chi connectivity index (χ0v) is 41.1. The van der Waals surface area contributed by atoms with Crippen LogP contribution in [-0.2, 0) is 0 Å². The molecule has 16 aromatic rings. The first-order valence-corrected chi connectivity index (χ1v) is 26.0. The number of nitrogens with zero attached hydrogens (tertiary/aromatic N) is 4. The Balaban J connectivity index is 0.860. The Kier molecular flexibility index (Phi) is 8.92. The topological polar surface area (TPSA) is 19.7 Å². The van der Waals surface area contributed by atoms with E-state index < -0.39 is 0 Å². The third-order valence-electron chi connectivity index (χ3n) is 16.0. The Labute approximate surface area is 432 Å². The minimum Gasteiger partial charge on any atom is -0.309 e. The Morgan fingerprint density at radius 3 is 1.08 bits per heavy atom. The molecule has 4 nitrogen and oxygen atoms in total. The Hall–Kier alpha value is -9.90. The summed E-state index contributed by atoms with van der Waals surface area (Å²) < 4.78 is 9.81. The third-order valence-corrected chi connectivity index (χ3v) is 16.0. The van der Waals surface area contributed by atoms with Crippen molar-refractivity contribution < 1.29 is 0 Å². The summed E-state index contributed by atoms with van der Waals surface area (Å²) in [5.74, 6) is 0. The molecule has 0 bridgehead atoms. The summed E-state index contributed by atoms with van der Waals surface area (Å²) in [4.78, 5) is 0. The van der Waals surface area contributed by atoms with E-state index in [4.69, 9.17) is 0 Å². The molecular weight excluding hydrogens is 909 g/mol. The molecule has 0 radical (unpaired) electrons. The molecule has 0 unspecified atom stereocenters. The summed E-state index contributed by atoms with van der Waals surface area (Å²) in [5.41, 5.74) is 16.4. The summed E-state index contributed by atoms with van der Waals surface area (Å²) in [7, 11) is 0. The molecule has 0 fully saturated rings. The minimum atomic E-state index is 1.12. The van der Waals surface area contributed by atoms with Gasteiger partial charge in [0, 0.05) is 66.0 Å². The van der Waals surface area contributed by atoms with E-state index in [0.717, 1.165) is 22.7 Å². The molecule has 16 rings (SSSR count). The number of fused-ring (bicyclic) bond motifs is 16. The Morgan fingerprint density at radius 1 is 0.267 bits per heavy atom. The molecule has 0 amide bonds. The fraction of sp³-hybridized carbons (Fsp3) is 0.0141. The smallest absolute Gasteiger partial charge is 0.0548 e. The van der Waals surface area contributed by atoms with E-state index in [-0.39, 0.29) is 0 Å². The van der Waals surface area contributed by atoms with Gasteiger partial charge in [-0.2, -0.15) is 0 Å². The van der Waals surface area contributed by atoms with Crippen LogP contribution in [0, 0.1) is 0 Å². The lowest BCUT2D eigenvalue weighted by atomic mass is 9.97. The number of rotatable bonds is 6. The highest BCUT2D eigenvalue weighted by Crippen LogP contribution is 2.45. The fourth-order valence-corrected chi connectivity index (χ4v) is 12.9. The average molecular weight is 955 g/mol. The molecule has 0 saturated carbocycles. The van der Waals surface area contributed by atoms with Crippen molar-refractivity contribution >= 4 is 115 Å². The average Bonchev–Trinajstić information content (AvgIpc) is 4.31. The Morgan fingerprint density at radius 2 is 0.627 bits per heavy atom. The van der Waals surface area contributed by atoms with Gasteiger partial charge in [0.25, 0.3) is 0 Å². The Bertz CT molecular complexity index is 4950. The predicted octanol–water partition coefficient (Wildman–Crippen LogP) is 19.1. The van der Waals surface area contributed by atoms with Crippen molar-refractivity contribution in [3.63, 3.8) is 0 Å². The van der Waals surface area contributed by atoms with Gasteiger partial charge in [0.1, 0.15) is 0 Å². The number of benzene rings is 12. The van der Waals surface area contributed by atoms with Gasteiger partial charge < -0.3 is 18.3 Å². The van der Waals surface area contributed by atoms with Crippen molar-refractivity contribution in [2.45, 2.75) is 6.92 Å². The maximum atomic E-state index is 2.46. The highest BCUT2D eigenvalue weighted by Gasteiger charge is 2.23. The van der Waals surface area contributed by atoms with Crippen molar-refractivity contribution in [3.05, 3.63) is 260 Å². The van der Waals surface area contributed by atoms with Crippen LogP contribution in [0.4, 0.5) is 0 Å². The van der Waals surface area contributed by atoms with Crippen LogP contribution in [0.15, 0.2) is 255 Å². The van der Waals surface area contributed by atoms with Gasteiger partial charge in [0.2, 0.25) is 0 Å². The van der Waals surface area contributed by atoms with Crippen molar-refractivity contribution in [1.82, 2.24) is 18.3 Å². The molecule has 12 aromatic carbocycles. The van der Waals surface area contributed by atoms with E-state index in [9.17, 15) is 0 Å². The maximum Gasteiger partial charge on any atom is 0.0548 e. The third kappa shape index (κ3) is 5.99. The lowest BCUT2D eigenvalue weighted by Gasteiger charge is -2.13. The van der Waals surface area contributed by atoms with Gasteiger partial charge in [-0.15, -0.1) is 0 Å². The first kappa shape index (κ1) is 41.7. The van der Waals surface area contributed by atoms with Gasteiger partial charge in [0.15, 0.2) is 0 Å². The molecule has 0 aliphatic rings. The summed E-state index contributed by atoms with van der Waals surface area (Å²) in [6.07, 6.45) is 4.43. The normalized spacial score (nSPS) is 12.3. The number of hydrogen-bond donors (Lipinski definition) is 0. The lowest BCUT2D eigenvalue weighted by molar-refractivity contribution is 1.10. The van der Waals surface area contributed by atoms with Crippen LogP contribution in [0.25, 0.3) is 149 Å². The van der Waals surface area contributed by atoms with Gasteiger partial charge in [-0.25, -0.2) is 0 Å². The lowest BCUT2D eigenvalue weighted by Crippen LogP contribution is -1.99. The monoisotopic (exact) mass is 954 g/mol. The van der Waals surface area contributed by atoms with Crippen molar-refractivity contribution in [2.75, 3.05) is 0 Å². The SMILES string of the molecule is C/C=C\c1c(-c2ccccc2)c2c3ccccc3ccc2n1-c1ccc(-n2c3ccccc3c3cc4c(cc32)c2ccccc2n4-c2ccc(-n3c4ccc5ccccc5c4c4c5ccccc5ccc43)cc2)cc1. The second kappa shape index (κ2) is 16.1. The summed E-state index contributed by atoms with van der Waals surface area (Å²) in [5, 5.41) is 16.3. The van der Waals surface area contributed by atoms with Gasteiger partial charge in [0.05, 0.1) is 44.3 Å². The molecule has 0 aliphatic heterocycles. The van der Waals surface area contributed by atoms with Crippen LogP contribution in [0.5, 0.6) is 0 Å². The molecule has 0 spiro atoms. The standard InChI is InChI=1S/C71H46N4/c1-2-16-62-68(48-20-4-3-5-21-48)69-53-22-9-6-17-45(53)29-40-63(69)74(62)51-36-32-49(33-37-51)72-60-27-14-12-25-56(60)58-44-67-59(43-66(58)72)57-26-13-15-28-61(57)73(67)50-34-38-52(39-35-50)75-64-41-30-46-18-7-10-23-54(46)70(64)71-55-24-11-8-19-47(55)31-42-65(71)75/h2-44H,1H3/b16-2-. The van der Waals surface area contributed by atoms with Crippen molar-refractivity contribution in [2.24, 2.45) is 0 Å².